The summed E-state index contributed by atoms with van der Waals surface area (Å²) in [4.78, 5) is 0. The molecule has 0 bridgehead atoms. The first-order chi connectivity index (χ1) is 9.52. The highest BCUT2D eigenvalue weighted by Gasteiger charge is 2.10. The Morgan fingerprint density at radius 1 is 1.30 bits per heavy atom. The average Bonchev–Trinajstić information content (AvgIpc) is 3.02. The van der Waals surface area contributed by atoms with Gasteiger partial charge in [0.25, 0.3) is 0 Å². The predicted octanol–water partition coefficient (Wildman–Crippen LogP) is 3.55. The van der Waals surface area contributed by atoms with Crippen LogP contribution in [0, 0.1) is 6.92 Å². The standard InChI is InChI=1S/C15H25N5/c1-6-13(5)20-14(7-8-17-20)9-16-15-12(4)10-19(18-15)11(2)3/h7-8,10-11,13H,6,9H2,1-5H3,(H,16,18)/t13-/m0/s1. The summed E-state index contributed by atoms with van der Waals surface area (Å²) in [6.07, 6.45) is 5.03. The second-order valence-corrected chi connectivity index (χ2v) is 5.61. The van der Waals surface area contributed by atoms with E-state index in [1.807, 2.05) is 10.9 Å². The van der Waals surface area contributed by atoms with Gasteiger partial charge in [0.2, 0.25) is 0 Å². The van der Waals surface area contributed by atoms with Crippen LogP contribution in [0.15, 0.2) is 18.5 Å². The zero-order valence-corrected chi connectivity index (χ0v) is 13.1. The molecule has 2 heterocycles. The second kappa shape index (κ2) is 6.11. The summed E-state index contributed by atoms with van der Waals surface area (Å²) in [6, 6.07) is 2.87. The van der Waals surface area contributed by atoms with Gasteiger partial charge in [-0.15, -0.1) is 0 Å². The molecule has 5 nitrogen and oxygen atoms in total. The van der Waals surface area contributed by atoms with Crippen LogP contribution < -0.4 is 5.32 Å². The van der Waals surface area contributed by atoms with Crippen molar-refractivity contribution >= 4 is 5.82 Å². The van der Waals surface area contributed by atoms with Crippen molar-refractivity contribution in [1.82, 2.24) is 19.6 Å². The molecule has 0 saturated carbocycles. The molecule has 110 valence electrons. The summed E-state index contributed by atoms with van der Waals surface area (Å²) in [5, 5.41) is 12.4. The van der Waals surface area contributed by atoms with Gasteiger partial charge in [0.15, 0.2) is 5.82 Å². The summed E-state index contributed by atoms with van der Waals surface area (Å²) < 4.78 is 4.07. The van der Waals surface area contributed by atoms with Crippen molar-refractivity contribution in [2.24, 2.45) is 0 Å². The Hall–Kier alpha value is -1.78. The lowest BCUT2D eigenvalue weighted by atomic mass is 10.2. The van der Waals surface area contributed by atoms with Crippen LogP contribution in [0.1, 0.15) is 57.5 Å². The van der Waals surface area contributed by atoms with Crippen LogP contribution in [0.25, 0.3) is 0 Å². The third kappa shape index (κ3) is 3.03. The maximum Gasteiger partial charge on any atom is 0.151 e. The van der Waals surface area contributed by atoms with Gasteiger partial charge in [0.1, 0.15) is 0 Å². The van der Waals surface area contributed by atoms with Crippen LogP contribution in [-0.4, -0.2) is 19.6 Å². The second-order valence-electron chi connectivity index (χ2n) is 5.61. The minimum absolute atomic E-state index is 0.384. The topological polar surface area (TPSA) is 47.7 Å². The third-order valence-electron chi connectivity index (χ3n) is 3.64. The number of hydrogen-bond acceptors (Lipinski definition) is 3. The summed E-state index contributed by atoms with van der Waals surface area (Å²) in [7, 11) is 0. The van der Waals surface area contributed by atoms with Crippen molar-refractivity contribution in [3.8, 4) is 0 Å². The van der Waals surface area contributed by atoms with Crippen molar-refractivity contribution in [1.29, 1.82) is 0 Å². The van der Waals surface area contributed by atoms with E-state index in [1.165, 1.54) is 11.3 Å². The molecule has 1 N–H and O–H groups in total. The summed E-state index contributed by atoms with van der Waals surface area (Å²) in [5.41, 5.74) is 2.37. The van der Waals surface area contributed by atoms with E-state index in [0.29, 0.717) is 12.1 Å². The third-order valence-corrected chi connectivity index (χ3v) is 3.64. The van der Waals surface area contributed by atoms with Crippen LogP contribution >= 0.6 is 0 Å². The molecule has 0 radical (unpaired) electrons. The summed E-state index contributed by atoms with van der Waals surface area (Å²) in [5.74, 6) is 0.954. The molecule has 1 atom stereocenters. The molecule has 0 aromatic carbocycles. The zero-order valence-electron chi connectivity index (χ0n) is 13.1. The lowest BCUT2D eigenvalue weighted by Gasteiger charge is -2.14. The molecule has 0 aliphatic carbocycles. The molecule has 20 heavy (non-hydrogen) atoms. The van der Waals surface area contributed by atoms with Gasteiger partial charge in [-0.2, -0.15) is 10.2 Å². The van der Waals surface area contributed by atoms with Crippen LogP contribution in [0.4, 0.5) is 5.82 Å². The van der Waals surface area contributed by atoms with Gasteiger partial charge in [-0.05, 0) is 40.2 Å². The molecule has 0 unspecified atom stereocenters. The van der Waals surface area contributed by atoms with Crippen LogP contribution in [0.2, 0.25) is 0 Å². The Labute approximate surface area is 121 Å². The fourth-order valence-corrected chi connectivity index (χ4v) is 2.15. The highest BCUT2D eigenvalue weighted by molar-refractivity contribution is 5.42. The lowest BCUT2D eigenvalue weighted by molar-refractivity contribution is 0.462. The smallest absolute Gasteiger partial charge is 0.151 e. The molecular weight excluding hydrogens is 250 g/mol. The minimum Gasteiger partial charge on any atom is -0.363 e. The normalized spacial score (nSPS) is 12.9. The Bertz CT molecular complexity index is 552. The molecule has 2 rings (SSSR count). The Kier molecular flexibility index (Phi) is 4.47. The summed E-state index contributed by atoms with van der Waals surface area (Å²) in [6.45, 7) is 11.5. The first-order valence-electron chi connectivity index (χ1n) is 7.35. The Balaban J connectivity index is 2.07. The van der Waals surface area contributed by atoms with Gasteiger partial charge in [-0.25, -0.2) is 0 Å². The molecule has 0 spiro atoms. The fraction of sp³-hybridized carbons (Fsp3) is 0.600. The highest BCUT2D eigenvalue weighted by atomic mass is 15.3. The van der Waals surface area contributed by atoms with E-state index in [0.717, 1.165) is 18.8 Å². The maximum atomic E-state index is 4.58. The molecule has 0 fully saturated rings. The lowest BCUT2D eigenvalue weighted by Crippen LogP contribution is -2.13. The first-order valence-corrected chi connectivity index (χ1v) is 7.35. The van der Waals surface area contributed by atoms with E-state index >= 15 is 0 Å². The minimum atomic E-state index is 0.384. The monoisotopic (exact) mass is 275 g/mol. The molecule has 0 saturated heterocycles. The fourth-order valence-electron chi connectivity index (χ4n) is 2.15. The number of aryl methyl sites for hydroxylation is 1. The molecule has 2 aromatic rings. The molecule has 2 aromatic heterocycles. The molecule has 0 aliphatic rings. The SMILES string of the molecule is CC[C@H](C)n1nccc1CNc1nn(C(C)C)cc1C. The van der Waals surface area contributed by atoms with E-state index in [1.54, 1.807) is 0 Å². The van der Waals surface area contributed by atoms with Gasteiger partial charge in [-0.3, -0.25) is 9.36 Å². The van der Waals surface area contributed by atoms with Gasteiger partial charge in [0.05, 0.1) is 12.2 Å². The maximum absolute atomic E-state index is 4.58. The van der Waals surface area contributed by atoms with E-state index in [9.17, 15) is 0 Å². The Morgan fingerprint density at radius 2 is 2.05 bits per heavy atom. The largest absolute Gasteiger partial charge is 0.363 e. The molecular formula is C15H25N5. The van der Waals surface area contributed by atoms with Crippen LogP contribution in [0.3, 0.4) is 0 Å². The molecule has 5 heteroatoms. The predicted molar refractivity (Wildman–Crippen MR) is 81.9 cm³/mol. The highest BCUT2D eigenvalue weighted by Crippen LogP contribution is 2.17. The van der Waals surface area contributed by atoms with Gasteiger partial charge in [0, 0.05) is 30.0 Å². The van der Waals surface area contributed by atoms with Crippen molar-refractivity contribution in [2.45, 2.75) is 59.7 Å². The number of anilines is 1. The molecule has 0 aliphatic heterocycles. The average molecular weight is 275 g/mol. The number of nitrogens with one attached hydrogen (secondary N) is 1. The van der Waals surface area contributed by atoms with Crippen LogP contribution in [0.5, 0.6) is 0 Å². The van der Waals surface area contributed by atoms with Crippen molar-refractivity contribution < 1.29 is 0 Å². The van der Waals surface area contributed by atoms with Gasteiger partial charge in [-0.1, -0.05) is 6.92 Å². The van der Waals surface area contributed by atoms with Gasteiger partial charge >= 0.3 is 0 Å². The first kappa shape index (κ1) is 14.6. The van der Waals surface area contributed by atoms with E-state index in [2.05, 4.69) is 67.1 Å². The van der Waals surface area contributed by atoms with E-state index in [-0.39, 0.29) is 0 Å². The van der Waals surface area contributed by atoms with Crippen molar-refractivity contribution in [3.05, 3.63) is 29.7 Å². The van der Waals surface area contributed by atoms with Gasteiger partial charge < -0.3 is 5.32 Å². The quantitative estimate of drug-likeness (QED) is 0.877. The number of nitrogens with zero attached hydrogens (tertiary/aromatic N) is 4. The van der Waals surface area contributed by atoms with E-state index < -0.39 is 0 Å². The number of rotatable bonds is 6. The van der Waals surface area contributed by atoms with E-state index in [4.69, 9.17) is 0 Å². The number of hydrogen-bond donors (Lipinski definition) is 1. The Morgan fingerprint density at radius 3 is 2.65 bits per heavy atom. The van der Waals surface area contributed by atoms with Crippen molar-refractivity contribution in [3.63, 3.8) is 0 Å². The van der Waals surface area contributed by atoms with Crippen molar-refractivity contribution in [2.75, 3.05) is 5.32 Å². The molecule has 0 amide bonds. The summed E-state index contributed by atoms with van der Waals surface area (Å²) >= 11 is 0. The number of aromatic nitrogens is 4. The zero-order chi connectivity index (χ0) is 14.7. The van der Waals surface area contributed by atoms with Crippen LogP contribution in [-0.2, 0) is 6.54 Å².